The molecule has 0 spiro atoms. The summed E-state index contributed by atoms with van der Waals surface area (Å²) in [7, 11) is 1.52. The van der Waals surface area contributed by atoms with Gasteiger partial charge in [-0.3, -0.25) is 10.1 Å². The average molecular weight is 248 g/mol. The van der Waals surface area contributed by atoms with E-state index in [0.717, 1.165) is 0 Å². The van der Waals surface area contributed by atoms with Gasteiger partial charge in [-0.2, -0.15) is 0 Å². The van der Waals surface area contributed by atoms with Crippen molar-refractivity contribution in [2.75, 3.05) is 12.4 Å². The molecule has 4 nitrogen and oxygen atoms in total. The standard InChI is InChI=1S/C8H10BrNO3/c1-13-8-4-2-3-7(10(11)12)6(8)5-9/h2,4,7H,3,5H2,1H3. The lowest BCUT2D eigenvalue weighted by Crippen LogP contribution is -2.25. The molecule has 0 aromatic heterocycles. The molecule has 13 heavy (non-hydrogen) atoms. The minimum atomic E-state index is -0.640. The summed E-state index contributed by atoms with van der Waals surface area (Å²) < 4.78 is 5.03. The van der Waals surface area contributed by atoms with Gasteiger partial charge in [-0.15, -0.1) is 0 Å². The van der Waals surface area contributed by atoms with E-state index in [9.17, 15) is 10.1 Å². The first-order valence-electron chi connectivity index (χ1n) is 3.83. The van der Waals surface area contributed by atoms with Crippen molar-refractivity contribution >= 4 is 15.9 Å². The molecule has 0 aliphatic heterocycles. The van der Waals surface area contributed by atoms with E-state index in [1.807, 2.05) is 0 Å². The number of ether oxygens (including phenoxy) is 1. The predicted molar refractivity (Wildman–Crippen MR) is 52.4 cm³/mol. The number of nitrogens with zero attached hydrogens (tertiary/aromatic N) is 1. The number of halogens is 1. The normalized spacial score (nSPS) is 21.8. The lowest BCUT2D eigenvalue weighted by Gasteiger charge is -2.16. The Morgan fingerprint density at radius 1 is 1.85 bits per heavy atom. The van der Waals surface area contributed by atoms with Crippen LogP contribution in [0.2, 0.25) is 0 Å². The van der Waals surface area contributed by atoms with Crippen LogP contribution in [-0.2, 0) is 4.74 Å². The van der Waals surface area contributed by atoms with Gasteiger partial charge < -0.3 is 4.74 Å². The van der Waals surface area contributed by atoms with Crippen molar-refractivity contribution in [1.82, 2.24) is 0 Å². The zero-order valence-electron chi connectivity index (χ0n) is 7.20. The highest BCUT2D eigenvalue weighted by Crippen LogP contribution is 2.23. The molecule has 0 aromatic carbocycles. The first kappa shape index (κ1) is 10.2. The summed E-state index contributed by atoms with van der Waals surface area (Å²) in [5.41, 5.74) is 0.704. The largest absolute Gasteiger partial charge is 0.497 e. The van der Waals surface area contributed by atoms with Crippen molar-refractivity contribution in [2.45, 2.75) is 12.5 Å². The third-order valence-corrected chi connectivity index (χ3v) is 2.57. The number of nitro groups is 1. The molecular formula is C8H10BrNO3. The van der Waals surface area contributed by atoms with Crippen LogP contribution in [-0.4, -0.2) is 23.4 Å². The first-order chi connectivity index (χ1) is 6.20. The Morgan fingerprint density at radius 3 is 3.00 bits per heavy atom. The molecule has 1 aliphatic carbocycles. The van der Waals surface area contributed by atoms with Crippen molar-refractivity contribution in [2.24, 2.45) is 0 Å². The summed E-state index contributed by atoms with van der Waals surface area (Å²) >= 11 is 3.22. The fourth-order valence-electron chi connectivity index (χ4n) is 1.28. The molecule has 0 heterocycles. The Morgan fingerprint density at radius 2 is 2.54 bits per heavy atom. The third kappa shape index (κ3) is 2.09. The third-order valence-electron chi connectivity index (χ3n) is 1.97. The number of hydrogen-bond acceptors (Lipinski definition) is 3. The maximum Gasteiger partial charge on any atom is 0.242 e. The molecule has 0 fully saturated rings. The van der Waals surface area contributed by atoms with Crippen LogP contribution < -0.4 is 0 Å². The van der Waals surface area contributed by atoms with Crippen molar-refractivity contribution in [1.29, 1.82) is 0 Å². The first-order valence-corrected chi connectivity index (χ1v) is 4.96. The van der Waals surface area contributed by atoms with Crippen molar-refractivity contribution in [3.63, 3.8) is 0 Å². The molecule has 5 heteroatoms. The number of rotatable bonds is 3. The van der Waals surface area contributed by atoms with E-state index in [2.05, 4.69) is 15.9 Å². The van der Waals surface area contributed by atoms with E-state index < -0.39 is 6.04 Å². The predicted octanol–water partition coefficient (Wildman–Crippen LogP) is 1.89. The molecule has 0 aromatic rings. The summed E-state index contributed by atoms with van der Waals surface area (Å²) in [5.74, 6) is 0.602. The van der Waals surface area contributed by atoms with Gasteiger partial charge >= 0.3 is 0 Å². The maximum absolute atomic E-state index is 10.6. The fourth-order valence-corrected chi connectivity index (χ4v) is 1.93. The van der Waals surface area contributed by atoms with Crippen LogP contribution >= 0.6 is 15.9 Å². The second-order valence-corrected chi connectivity index (χ2v) is 3.23. The second-order valence-electron chi connectivity index (χ2n) is 2.67. The Labute approximate surface area is 84.5 Å². The van der Waals surface area contributed by atoms with Gasteiger partial charge in [0.05, 0.1) is 12.7 Å². The molecule has 0 saturated heterocycles. The van der Waals surface area contributed by atoms with Gasteiger partial charge in [-0.05, 0) is 6.08 Å². The monoisotopic (exact) mass is 247 g/mol. The van der Waals surface area contributed by atoms with Crippen molar-refractivity contribution < 1.29 is 9.66 Å². The van der Waals surface area contributed by atoms with E-state index >= 15 is 0 Å². The van der Waals surface area contributed by atoms with Crippen LogP contribution in [0.5, 0.6) is 0 Å². The molecule has 72 valence electrons. The summed E-state index contributed by atoms with van der Waals surface area (Å²) in [6.45, 7) is 0. The van der Waals surface area contributed by atoms with Crippen LogP contribution in [0.25, 0.3) is 0 Å². The van der Waals surface area contributed by atoms with E-state index in [-0.39, 0.29) is 4.92 Å². The van der Waals surface area contributed by atoms with E-state index in [0.29, 0.717) is 23.1 Å². The number of hydrogen-bond donors (Lipinski definition) is 0. The molecule has 1 rings (SSSR count). The quantitative estimate of drug-likeness (QED) is 0.435. The number of alkyl halides is 1. The van der Waals surface area contributed by atoms with Gasteiger partial charge in [0.1, 0.15) is 5.76 Å². The lowest BCUT2D eigenvalue weighted by atomic mass is 10.00. The number of methoxy groups -OCH3 is 1. The molecule has 0 saturated carbocycles. The second kappa shape index (κ2) is 4.41. The van der Waals surface area contributed by atoms with Crippen molar-refractivity contribution in [3.8, 4) is 0 Å². The topological polar surface area (TPSA) is 52.4 Å². The Kier molecular flexibility index (Phi) is 3.48. The zero-order chi connectivity index (χ0) is 9.84. The van der Waals surface area contributed by atoms with Crippen LogP contribution in [0.1, 0.15) is 6.42 Å². The van der Waals surface area contributed by atoms with E-state index in [1.165, 1.54) is 7.11 Å². The van der Waals surface area contributed by atoms with Gasteiger partial charge in [0.15, 0.2) is 0 Å². The minimum absolute atomic E-state index is 0.279. The summed E-state index contributed by atoms with van der Waals surface area (Å²) in [4.78, 5) is 10.4. The minimum Gasteiger partial charge on any atom is -0.497 e. The smallest absolute Gasteiger partial charge is 0.242 e. The highest BCUT2D eigenvalue weighted by atomic mass is 79.9. The van der Waals surface area contributed by atoms with E-state index in [4.69, 9.17) is 4.74 Å². The summed E-state index contributed by atoms with van der Waals surface area (Å²) in [5, 5.41) is 11.1. The summed E-state index contributed by atoms with van der Waals surface area (Å²) in [6, 6.07) is -0.640. The highest BCUT2D eigenvalue weighted by Gasteiger charge is 2.28. The average Bonchev–Trinajstić information content (AvgIpc) is 2.16. The molecule has 1 aliphatic rings. The van der Waals surface area contributed by atoms with Crippen LogP contribution in [0.3, 0.4) is 0 Å². The van der Waals surface area contributed by atoms with Gasteiger partial charge in [0.2, 0.25) is 6.04 Å². The number of allylic oxidation sites excluding steroid dienone is 1. The highest BCUT2D eigenvalue weighted by molar-refractivity contribution is 9.09. The van der Waals surface area contributed by atoms with Gasteiger partial charge in [-0.25, -0.2) is 0 Å². The van der Waals surface area contributed by atoms with Crippen molar-refractivity contribution in [3.05, 3.63) is 33.6 Å². The Hall–Kier alpha value is -0.840. The summed E-state index contributed by atoms with van der Waals surface area (Å²) in [6.07, 6.45) is 3.98. The Bertz CT molecular complexity index is 273. The van der Waals surface area contributed by atoms with Gasteiger partial charge in [0, 0.05) is 16.7 Å². The molecule has 1 atom stereocenters. The Balaban J connectivity index is 2.97. The zero-order valence-corrected chi connectivity index (χ0v) is 8.78. The molecule has 0 N–H and O–H groups in total. The molecule has 1 unspecified atom stereocenters. The van der Waals surface area contributed by atoms with Gasteiger partial charge in [0.25, 0.3) is 0 Å². The SMILES string of the molecule is COC1=C(CBr)C([N+](=O)[O-])CC=C1. The van der Waals surface area contributed by atoms with Crippen LogP contribution in [0, 0.1) is 10.1 Å². The van der Waals surface area contributed by atoms with Crippen LogP contribution in [0.4, 0.5) is 0 Å². The molecule has 0 bridgehead atoms. The fraction of sp³-hybridized carbons (Fsp3) is 0.500. The molecule has 0 radical (unpaired) electrons. The lowest BCUT2D eigenvalue weighted by molar-refractivity contribution is -0.511. The van der Waals surface area contributed by atoms with Crippen LogP contribution in [0.15, 0.2) is 23.5 Å². The van der Waals surface area contributed by atoms with E-state index in [1.54, 1.807) is 12.2 Å². The van der Waals surface area contributed by atoms with Gasteiger partial charge in [-0.1, -0.05) is 22.0 Å². The molecular weight excluding hydrogens is 238 g/mol. The molecule has 0 amide bonds. The maximum atomic E-state index is 10.6.